The fraction of sp³-hybridized carbons (Fsp3) is 0.219. The molecule has 4 aliphatic heterocycles. The molecular weight excluding hydrogens is 697 g/mol. The first-order chi connectivity index (χ1) is 22.8. The Morgan fingerprint density at radius 2 is 1.19 bits per heavy atom. The van der Waals surface area contributed by atoms with E-state index in [4.69, 9.17) is 24.4 Å². The number of unbranched alkanes of at least 4 members (excludes halogenated alkanes) is 1. The summed E-state index contributed by atoms with van der Waals surface area (Å²) in [5.41, 5.74) is 1.64. The summed E-state index contributed by atoms with van der Waals surface area (Å²) in [6.07, 6.45) is 0.532. The summed E-state index contributed by atoms with van der Waals surface area (Å²) in [6, 6.07) is 11.8. The van der Waals surface area contributed by atoms with Crippen LogP contribution >= 0.6 is 48.0 Å². The molecule has 0 saturated carbocycles. The zero-order valence-electron chi connectivity index (χ0n) is 25.3. The van der Waals surface area contributed by atoms with Crippen molar-refractivity contribution in [1.82, 2.24) is 9.80 Å². The van der Waals surface area contributed by atoms with Crippen molar-refractivity contribution < 1.29 is 38.7 Å². The maximum absolute atomic E-state index is 13.7. The van der Waals surface area contributed by atoms with Crippen molar-refractivity contribution in [1.29, 1.82) is 0 Å². The summed E-state index contributed by atoms with van der Waals surface area (Å²) in [5, 5.41) is 10.1. The molecule has 4 aliphatic rings. The Morgan fingerprint density at radius 3 is 1.69 bits per heavy atom. The molecule has 2 aromatic rings. The van der Waals surface area contributed by atoms with E-state index in [1.54, 1.807) is 48.5 Å². The fourth-order valence-corrected chi connectivity index (χ4v) is 8.82. The fourth-order valence-electron chi connectivity index (χ4n) is 6.01. The molecule has 2 aromatic carbocycles. The lowest BCUT2D eigenvalue weighted by atomic mass is 10.0. The molecule has 0 aromatic heterocycles. The van der Waals surface area contributed by atoms with Gasteiger partial charge in [0.2, 0.25) is 11.8 Å². The van der Waals surface area contributed by atoms with E-state index in [0.29, 0.717) is 28.9 Å². The number of aliphatic carboxylic acids is 1. The summed E-state index contributed by atoms with van der Waals surface area (Å²) < 4.78 is 0.180. The smallest absolute Gasteiger partial charge is 0.326 e. The molecule has 0 spiro atoms. The predicted octanol–water partition coefficient (Wildman–Crippen LogP) is 3.94. The quantitative estimate of drug-likeness (QED) is 0.251. The van der Waals surface area contributed by atoms with E-state index < -0.39 is 47.5 Å². The Kier molecular flexibility index (Phi) is 8.93. The van der Waals surface area contributed by atoms with Crippen LogP contribution in [0.25, 0.3) is 11.1 Å². The lowest BCUT2D eigenvalue weighted by Gasteiger charge is -2.23. The average Bonchev–Trinajstić information content (AvgIpc) is 3.69. The summed E-state index contributed by atoms with van der Waals surface area (Å²) in [6.45, 7) is 2.62. The number of carbonyl (C=O) groups is 7. The van der Waals surface area contributed by atoms with E-state index in [-0.39, 0.29) is 49.0 Å². The summed E-state index contributed by atoms with van der Waals surface area (Å²) in [5.74, 6) is -4.85. The molecule has 2 saturated heterocycles. The van der Waals surface area contributed by atoms with E-state index in [0.717, 1.165) is 38.2 Å². The number of carbonyl (C=O) groups excluding carboxylic acids is 6. The van der Waals surface area contributed by atoms with E-state index in [1.165, 1.54) is 18.7 Å². The van der Waals surface area contributed by atoms with Crippen LogP contribution < -0.4 is 9.80 Å². The molecule has 0 aliphatic carbocycles. The van der Waals surface area contributed by atoms with Gasteiger partial charge in [-0.15, -0.1) is 0 Å². The number of thioether (sulfide) groups is 2. The van der Waals surface area contributed by atoms with Gasteiger partial charge in [-0.05, 0) is 31.4 Å². The van der Waals surface area contributed by atoms with Gasteiger partial charge in [0.05, 0.1) is 32.3 Å². The number of imide groups is 2. The highest BCUT2D eigenvalue weighted by atomic mass is 32.2. The van der Waals surface area contributed by atoms with Crippen LogP contribution in [0, 0.1) is 0 Å². The van der Waals surface area contributed by atoms with Gasteiger partial charge in [0.25, 0.3) is 23.6 Å². The Balaban J connectivity index is 1.17. The molecule has 0 radical (unpaired) electrons. The molecule has 16 heteroatoms. The predicted molar refractivity (Wildman–Crippen MR) is 187 cm³/mol. The zero-order chi connectivity index (χ0) is 34.6. The van der Waals surface area contributed by atoms with Crippen molar-refractivity contribution in [2.24, 2.45) is 0 Å². The number of carboxylic acid groups (broad SMARTS) is 1. The number of carboxylic acids is 1. The third-order valence-electron chi connectivity index (χ3n) is 8.10. The Hall–Kier alpha value is -4.51. The minimum atomic E-state index is -1.36. The van der Waals surface area contributed by atoms with Crippen molar-refractivity contribution in [3.05, 3.63) is 69.5 Å². The Bertz CT molecular complexity index is 1990. The summed E-state index contributed by atoms with van der Waals surface area (Å²) in [7, 11) is 0. The molecule has 2 fully saturated rings. The van der Waals surface area contributed by atoms with Gasteiger partial charge in [0.1, 0.15) is 14.7 Å². The largest absolute Gasteiger partial charge is 0.480 e. The van der Waals surface area contributed by atoms with E-state index in [9.17, 15) is 38.7 Å². The molecule has 244 valence electrons. The Morgan fingerprint density at radius 1 is 0.708 bits per heavy atom. The maximum atomic E-state index is 13.7. The number of hydrogen-bond acceptors (Lipinski definition) is 11. The van der Waals surface area contributed by atoms with Crippen LogP contribution in [-0.4, -0.2) is 77.5 Å². The van der Waals surface area contributed by atoms with Crippen molar-refractivity contribution >= 4 is 121 Å². The lowest BCUT2D eigenvalue weighted by molar-refractivity contribution is -0.145. The van der Waals surface area contributed by atoms with Gasteiger partial charge in [-0.1, -0.05) is 84.4 Å². The van der Waals surface area contributed by atoms with Gasteiger partial charge in [0, 0.05) is 31.5 Å². The van der Waals surface area contributed by atoms with Gasteiger partial charge in [0.15, 0.2) is 0 Å². The van der Waals surface area contributed by atoms with Crippen LogP contribution in [0.1, 0.15) is 44.2 Å². The molecule has 0 unspecified atom stereocenters. The monoisotopic (exact) mass is 720 g/mol. The number of nitrogens with zero attached hydrogens (tertiary/aromatic N) is 4. The second-order valence-electron chi connectivity index (χ2n) is 11.0. The van der Waals surface area contributed by atoms with Gasteiger partial charge >= 0.3 is 5.97 Å². The topological polar surface area (TPSA) is 153 Å². The van der Waals surface area contributed by atoms with E-state index in [1.807, 2.05) is 0 Å². The molecule has 12 nitrogen and oxygen atoms in total. The van der Waals surface area contributed by atoms with Crippen LogP contribution in [0.3, 0.4) is 0 Å². The molecule has 48 heavy (non-hydrogen) atoms. The molecule has 0 bridgehead atoms. The van der Waals surface area contributed by atoms with Crippen molar-refractivity contribution in [3.8, 4) is 0 Å². The van der Waals surface area contributed by atoms with Crippen molar-refractivity contribution in [2.45, 2.75) is 39.2 Å². The number of thiocarbonyl (C=S) groups is 2. The first kappa shape index (κ1) is 33.4. The number of rotatable bonds is 7. The number of fused-ring (bicyclic) bond motifs is 2. The molecule has 6 rings (SSSR count). The summed E-state index contributed by atoms with van der Waals surface area (Å²) >= 11 is 12.6. The van der Waals surface area contributed by atoms with Crippen LogP contribution in [0.2, 0.25) is 0 Å². The SMILES string of the molecule is CC(=O)N1C(=O)/C(=C2\SC(=S)N(CCCC[C@H](C(=O)O)N3C(=O)/C(=C4/C(=O)N(C(C)=O)c5ccccc54)SC3=S)C2=O)c2ccccc21. The van der Waals surface area contributed by atoms with Crippen LogP contribution in [0.4, 0.5) is 11.4 Å². The number of para-hydroxylation sites is 2. The van der Waals surface area contributed by atoms with Gasteiger partial charge < -0.3 is 5.11 Å². The van der Waals surface area contributed by atoms with Crippen LogP contribution in [0.15, 0.2) is 58.3 Å². The number of benzene rings is 2. The third-order valence-corrected chi connectivity index (χ3v) is 10.9. The van der Waals surface area contributed by atoms with E-state index in [2.05, 4.69) is 0 Å². The first-order valence-electron chi connectivity index (χ1n) is 14.5. The highest BCUT2D eigenvalue weighted by Crippen LogP contribution is 2.46. The van der Waals surface area contributed by atoms with Crippen LogP contribution in [0.5, 0.6) is 0 Å². The third kappa shape index (κ3) is 5.38. The number of hydrogen-bond donors (Lipinski definition) is 1. The second-order valence-corrected chi connectivity index (χ2v) is 14.3. The van der Waals surface area contributed by atoms with E-state index >= 15 is 0 Å². The lowest BCUT2D eigenvalue weighted by Crippen LogP contribution is -2.44. The Labute approximate surface area is 292 Å². The highest BCUT2D eigenvalue weighted by molar-refractivity contribution is 8.27. The molecular formula is C32H24N4O8S4. The minimum absolute atomic E-state index is 0.0111. The first-order valence-corrected chi connectivity index (χ1v) is 17.0. The number of anilines is 2. The van der Waals surface area contributed by atoms with Crippen molar-refractivity contribution in [2.75, 3.05) is 16.3 Å². The van der Waals surface area contributed by atoms with Gasteiger partial charge in [-0.3, -0.25) is 38.6 Å². The normalized spacial score (nSPS) is 21.1. The highest BCUT2D eigenvalue weighted by Gasteiger charge is 2.47. The summed E-state index contributed by atoms with van der Waals surface area (Å²) in [4.78, 5) is 95.0. The van der Waals surface area contributed by atoms with Crippen molar-refractivity contribution in [3.63, 3.8) is 0 Å². The average molecular weight is 721 g/mol. The van der Waals surface area contributed by atoms with Gasteiger partial charge in [-0.2, -0.15) is 0 Å². The molecule has 1 atom stereocenters. The minimum Gasteiger partial charge on any atom is -0.480 e. The second kappa shape index (κ2) is 12.8. The number of amides is 6. The molecule has 4 heterocycles. The standard InChI is InChI=1S/C32H24N4O8S4/c1-15(37)34-19-11-5-3-9-17(19)22(26(34)39)24-28(41)33(31(45)47-24)14-8-7-13-21(30(43)44)36-29(42)25(48-32(36)46)23-18-10-4-6-12-20(18)35(16(2)38)27(23)40/h3-6,9-12,21H,7-8,13-14H2,1-2H3,(H,43,44)/b24-22-,25-23-/t21-/m1/s1. The van der Waals surface area contributed by atoms with Gasteiger partial charge in [-0.25, -0.2) is 14.6 Å². The molecule has 6 amide bonds. The van der Waals surface area contributed by atoms with Crippen LogP contribution in [-0.2, 0) is 33.6 Å². The zero-order valence-corrected chi connectivity index (χ0v) is 28.5. The molecule has 1 N–H and O–H groups in total. The maximum Gasteiger partial charge on any atom is 0.326 e.